The number of hydrogen-bond acceptors (Lipinski definition) is 8. The zero-order valence-corrected chi connectivity index (χ0v) is 21.6. The van der Waals surface area contributed by atoms with Crippen molar-refractivity contribution >= 4 is 29.3 Å². The number of benzene rings is 1. The molecular weight excluding hydrogens is 468 g/mol. The standard InChI is InChI=1S/C24H26N4OS2.CO2/c1-14(2)30-23-22(18-7-9-20(29-6)10-8-18)26-24(31-23)28-13-21(17(5)27-28)19-11-15(3)25-16(4)12-19;2-1-3/h7-14H,1-6H3;. The normalized spacial score (nSPS) is 10.6. The van der Waals surface area contributed by atoms with Gasteiger partial charge in [0.25, 0.3) is 0 Å². The van der Waals surface area contributed by atoms with Crippen molar-refractivity contribution in [2.24, 2.45) is 0 Å². The van der Waals surface area contributed by atoms with Gasteiger partial charge in [0.1, 0.15) is 5.75 Å². The third kappa shape index (κ3) is 5.99. The van der Waals surface area contributed by atoms with E-state index in [0.29, 0.717) is 5.25 Å². The summed E-state index contributed by atoms with van der Waals surface area (Å²) in [5, 5.41) is 6.11. The zero-order chi connectivity index (χ0) is 24.8. The summed E-state index contributed by atoms with van der Waals surface area (Å²) in [6, 6.07) is 12.3. The Kier molecular flexibility index (Phi) is 8.39. The number of thiazole rings is 1. The number of pyridine rings is 1. The number of rotatable bonds is 6. The Morgan fingerprint density at radius 1 is 1.00 bits per heavy atom. The van der Waals surface area contributed by atoms with Gasteiger partial charge in [-0.25, -0.2) is 9.67 Å². The summed E-state index contributed by atoms with van der Waals surface area (Å²) < 4.78 is 8.40. The molecule has 3 aromatic heterocycles. The van der Waals surface area contributed by atoms with E-state index in [1.807, 2.05) is 49.3 Å². The van der Waals surface area contributed by atoms with Crippen molar-refractivity contribution in [3.05, 3.63) is 59.7 Å². The van der Waals surface area contributed by atoms with Crippen LogP contribution in [-0.2, 0) is 9.59 Å². The topological polar surface area (TPSA) is 87.0 Å². The molecule has 4 aromatic rings. The van der Waals surface area contributed by atoms with Gasteiger partial charge in [0.05, 0.1) is 22.7 Å². The molecular formula is C25H26N4O3S2. The van der Waals surface area contributed by atoms with Gasteiger partial charge in [-0.1, -0.05) is 25.2 Å². The molecule has 0 fully saturated rings. The van der Waals surface area contributed by atoms with E-state index in [-0.39, 0.29) is 6.15 Å². The Labute approximate surface area is 207 Å². The lowest BCUT2D eigenvalue weighted by Gasteiger charge is -2.05. The highest BCUT2D eigenvalue weighted by Crippen LogP contribution is 2.40. The van der Waals surface area contributed by atoms with Crippen molar-refractivity contribution in [1.82, 2.24) is 19.7 Å². The van der Waals surface area contributed by atoms with E-state index in [2.05, 4.69) is 49.3 Å². The predicted molar refractivity (Wildman–Crippen MR) is 135 cm³/mol. The van der Waals surface area contributed by atoms with Gasteiger partial charge in [-0.2, -0.15) is 14.7 Å². The van der Waals surface area contributed by atoms with Crippen LogP contribution in [0.5, 0.6) is 5.75 Å². The zero-order valence-electron chi connectivity index (χ0n) is 19.9. The molecule has 0 aliphatic heterocycles. The fraction of sp³-hybridized carbons (Fsp3) is 0.280. The molecule has 9 heteroatoms. The van der Waals surface area contributed by atoms with E-state index < -0.39 is 0 Å². The quantitative estimate of drug-likeness (QED) is 0.308. The second-order valence-electron chi connectivity index (χ2n) is 7.82. The number of nitrogens with zero attached hydrogens (tertiary/aromatic N) is 4. The maximum atomic E-state index is 8.12. The molecule has 7 nitrogen and oxygen atoms in total. The van der Waals surface area contributed by atoms with Gasteiger partial charge in [0.2, 0.25) is 5.13 Å². The molecule has 0 saturated heterocycles. The lowest BCUT2D eigenvalue weighted by atomic mass is 10.1. The summed E-state index contributed by atoms with van der Waals surface area (Å²) >= 11 is 3.51. The molecule has 0 spiro atoms. The number of hydrogen-bond donors (Lipinski definition) is 0. The molecule has 176 valence electrons. The summed E-state index contributed by atoms with van der Waals surface area (Å²) in [5.41, 5.74) is 7.31. The molecule has 0 aliphatic rings. The van der Waals surface area contributed by atoms with E-state index in [9.17, 15) is 0 Å². The molecule has 0 N–H and O–H groups in total. The van der Waals surface area contributed by atoms with Crippen LogP contribution in [0.25, 0.3) is 27.5 Å². The SMILES string of the molecule is COc1ccc(-c2nc(-n3cc(-c4cc(C)nc(C)c4)c(C)n3)sc2SC(C)C)cc1.O=C=O. The molecule has 4 rings (SSSR count). The fourth-order valence-electron chi connectivity index (χ4n) is 3.45. The largest absolute Gasteiger partial charge is 0.497 e. The smallest absolute Gasteiger partial charge is 0.373 e. The maximum absolute atomic E-state index is 8.12. The number of carbonyl (C=O) groups excluding carboxylic acids is 2. The molecule has 0 unspecified atom stereocenters. The van der Waals surface area contributed by atoms with Crippen LogP contribution in [0.4, 0.5) is 0 Å². The van der Waals surface area contributed by atoms with Crippen LogP contribution in [-0.4, -0.2) is 38.3 Å². The lowest BCUT2D eigenvalue weighted by Crippen LogP contribution is -1.94. The number of thioether (sulfide) groups is 1. The molecule has 0 aliphatic carbocycles. The van der Waals surface area contributed by atoms with Crippen molar-refractivity contribution < 1.29 is 14.3 Å². The maximum Gasteiger partial charge on any atom is 0.373 e. The molecule has 0 amide bonds. The van der Waals surface area contributed by atoms with E-state index in [1.165, 1.54) is 4.21 Å². The predicted octanol–water partition coefficient (Wildman–Crippen LogP) is 5.91. The lowest BCUT2D eigenvalue weighted by molar-refractivity contribution is -0.191. The minimum Gasteiger partial charge on any atom is -0.497 e. The van der Waals surface area contributed by atoms with Crippen molar-refractivity contribution in [2.45, 2.75) is 44.1 Å². The third-order valence-corrected chi connectivity index (χ3v) is 7.04. The van der Waals surface area contributed by atoms with Gasteiger partial charge in [-0.05, 0) is 62.7 Å². The second-order valence-corrected chi connectivity index (χ2v) is 10.6. The minimum absolute atomic E-state index is 0.250. The summed E-state index contributed by atoms with van der Waals surface area (Å²) in [4.78, 5) is 25.7. The van der Waals surface area contributed by atoms with Crippen LogP contribution in [0.2, 0.25) is 0 Å². The first-order valence-electron chi connectivity index (χ1n) is 10.6. The van der Waals surface area contributed by atoms with E-state index >= 15 is 0 Å². The highest BCUT2D eigenvalue weighted by atomic mass is 32.2. The first kappa shape index (κ1) is 25.4. The van der Waals surface area contributed by atoms with Crippen LogP contribution >= 0.6 is 23.1 Å². The van der Waals surface area contributed by atoms with Gasteiger partial charge >= 0.3 is 6.15 Å². The summed E-state index contributed by atoms with van der Waals surface area (Å²) in [6.07, 6.45) is 2.32. The molecule has 0 atom stereocenters. The number of aryl methyl sites for hydroxylation is 3. The first-order valence-corrected chi connectivity index (χ1v) is 12.3. The van der Waals surface area contributed by atoms with Crippen LogP contribution < -0.4 is 4.74 Å². The molecule has 0 bridgehead atoms. The minimum atomic E-state index is 0.250. The summed E-state index contributed by atoms with van der Waals surface area (Å²) in [7, 11) is 1.68. The van der Waals surface area contributed by atoms with Crippen molar-refractivity contribution in [3.63, 3.8) is 0 Å². The van der Waals surface area contributed by atoms with E-state index in [4.69, 9.17) is 24.4 Å². The average molecular weight is 495 g/mol. The van der Waals surface area contributed by atoms with E-state index in [0.717, 1.165) is 50.3 Å². The van der Waals surface area contributed by atoms with Crippen LogP contribution in [0.15, 0.2) is 46.8 Å². The Balaban J connectivity index is 0.00000103. The van der Waals surface area contributed by atoms with Gasteiger partial charge in [0.15, 0.2) is 0 Å². The second kappa shape index (κ2) is 11.2. The Hall–Kier alpha value is -3.26. The van der Waals surface area contributed by atoms with E-state index in [1.54, 1.807) is 18.4 Å². The van der Waals surface area contributed by atoms with Gasteiger partial charge in [0, 0.05) is 34.0 Å². The summed E-state index contributed by atoms with van der Waals surface area (Å²) in [5.74, 6) is 0.840. The van der Waals surface area contributed by atoms with Crippen molar-refractivity contribution in [1.29, 1.82) is 0 Å². The average Bonchev–Trinajstić information content (AvgIpc) is 3.37. The fourth-order valence-corrected chi connectivity index (χ4v) is 5.90. The molecule has 3 heterocycles. The Bertz CT molecular complexity index is 1280. The van der Waals surface area contributed by atoms with Crippen molar-refractivity contribution in [3.8, 4) is 33.3 Å². The number of aromatic nitrogens is 4. The molecule has 34 heavy (non-hydrogen) atoms. The highest BCUT2D eigenvalue weighted by molar-refractivity contribution is 8.01. The van der Waals surface area contributed by atoms with Crippen molar-refractivity contribution in [2.75, 3.05) is 7.11 Å². The van der Waals surface area contributed by atoms with Gasteiger partial charge in [-0.15, -0.1) is 11.8 Å². The highest BCUT2D eigenvalue weighted by Gasteiger charge is 2.18. The molecule has 0 radical (unpaired) electrons. The number of methoxy groups -OCH3 is 1. The third-order valence-electron chi connectivity index (χ3n) is 4.78. The summed E-state index contributed by atoms with van der Waals surface area (Å²) in [6.45, 7) is 10.5. The van der Waals surface area contributed by atoms with Crippen LogP contribution in [0.1, 0.15) is 30.9 Å². The monoisotopic (exact) mass is 494 g/mol. The number of ether oxygens (including phenoxy) is 1. The molecule has 1 aromatic carbocycles. The Morgan fingerprint density at radius 3 is 2.18 bits per heavy atom. The Morgan fingerprint density at radius 2 is 1.62 bits per heavy atom. The van der Waals surface area contributed by atoms with Gasteiger partial charge in [-0.3, -0.25) is 4.98 Å². The van der Waals surface area contributed by atoms with Gasteiger partial charge < -0.3 is 4.74 Å². The molecule has 0 saturated carbocycles. The van der Waals surface area contributed by atoms with Crippen LogP contribution in [0, 0.1) is 20.8 Å². The van der Waals surface area contributed by atoms with Crippen LogP contribution in [0.3, 0.4) is 0 Å². The first-order chi connectivity index (χ1) is 16.2.